The lowest BCUT2D eigenvalue weighted by Crippen LogP contribution is -2.25. The molecule has 0 fully saturated rings. The zero-order valence-electron chi connectivity index (χ0n) is 21.4. The SMILES string of the molecule is CCOc1cc(/C=C(/C#N)C(=O)NCCCc2ccccc2)cc(Cl)c1OCC(=O)Nc1ccc(C)cc1. The van der Waals surface area contributed by atoms with E-state index < -0.39 is 5.91 Å². The number of halogens is 1. The fraction of sp³-hybridized carbons (Fsp3) is 0.233. The first-order valence-electron chi connectivity index (χ1n) is 12.3. The zero-order chi connectivity index (χ0) is 27.3. The van der Waals surface area contributed by atoms with Crippen LogP contribution in [0.25, 0.3) is 6.08 Å². The molecular weight excluding hydrogens is 502 g/mol. The van der Waals surface area contributed by atoms with Crippen molar-refractivity contribution in [3.63, 3.8) is 0 Å². The molecule has 0 aromatic heterocycles. The normalized spacial score (nSPS) is 10.8. The van der Waals surface area contributed by atoms with E-state index in [2.05, 4.69) is 10.6 Å². The van der Waals surface area contributed by atoms with Crippen LogP contribution in [0.4, 0.5) is 5.69 Å². The monoisotopic (exact) mass is 531 g/mol. The van der Waals surface area contributed by atoms with E-state index in [4.69, 9.17) is 21.1 Å². The summed E-state index contributed by atoms with van der Waals surface area (Å²) in [5.41, 5.74) is 3.36. The van der Waals surface area contributed by atoms with Gasteiger partial charge in [0.15, 0.2) is 18.1 Å². The Kier molecular flexibility index (Phi) is 10.8. The third kappa shape index (κ3) is 8.68. The maximum Gasteiger partial charge on any atom is 0.262 e. The molecule has 0 saturated heterocycles. The van der Waals surface area contributed by atoms with E-state index >= 15 is 0 Å². The van der Waals surface area contributed by atoms with E-state index in [-0.39, 0.29) is 28.9 Å². The molecule has 0 aliphatic rings. The Morgan fingerprint density at radius 1 is 1.05 bits per heavy atom. The number of nitriles is 1. The highest BCUT2D eigenvalue weighted by Gasteiger charge is 2.16. The number of aryl methyl sites for hydroxylation is 2. The number of anilines is 1. The average molecular weight is 532 g/mol. The Labute approximate surface area is 228 Å². The third-order valence-corrected chi connectivity index (χ3v) is 5.74. The first kappa shape index (κ1) is 28.3. The van der Waals surface area contributed by atoms with E-state index in [1.165, 1.54) is 11.6 Å². The minimum absolute atomic E-state index is 0.0608. The summed E-state index contributed by atoms with van der Waals surface area (Å²) in [7, 11) is 0. The second kappa shape index (κ2) is 14.5. The van der Waals surface area contributed by atoms with Gasteiger partial charge in [-0.1, -0.05) is 59.6 Å². The number of carbonyl (C=O) groups excluding carboxylic acids is 2. The van der Waals surface area contributed by atoms with Crippen LogP contribution >= 0.6 is 11.6 Å². The molecule has 0 aliphatic carbocycles. The van der Waals surface area contributed by atoms with Gasteiger partial charge < -0.3 is 20.1 Å². The van der Waals surface area contributed by atoms with Crippen LogP contribution in [0.5, 0.6) is 11.5 Å². The molecule has 196 valence electrons. The van der Waals surface area contributed by atoms with E-state index in [1.54, 1.807) is 31.2 Å². The highest BCUT2D eigenvalue weighted by atomic mass is 35.5. The molecule has 0 atom stereocenters. The van der Waals surface area contributed by atoms with Gasteiger partial charge in [-0.3, -0.25) is 9.59 Å². The predicted octanol–water partition coefficient (Wildman–Crippen LogP) is 5.72. The van der Waals surface area contributed by atoms with Crippen molar-refractivity contribution in [2.75, 3.05) is 25.1 Å². The first-order chi connectivity index (χ1) is 18.4. The zero-order valence-corrected chi connectivity index (χ0v) is 22.2. The number of hydrogen-bond donors (Lipinski definition) is 2. The molecular formula is C30H30ClN3O4. The summed E-state index contributed by atoms with van der Waals surface area (Å²) in [5.74, 6) is -0.321. The molecule has 3 aromatic carbocycles. The van der Waals surface area contributed by atoms with E-state index in [9.17, 15) is 14.9 Å². The number of nitrogens with zero attached hydrogens (tertiary/aromatic N) is 1. The highest BCUT2D eigenvalue weighted by Crippen LogP contribution is 2.37. The van der Waals surface area contributed by atoms with Gasteiger partial charge in [-0.25, -0.2) is 0 Å². The van der Waals surface area contributed by atoms with Crippen LogP contribution in [0, 0.1) is 18.3 Å². The molecule has 3 rings (SSSR count). The van der Waals surface area contributed by atoms with E-state index in [1.807, 2.05) is 55.5 Å². The number of rotatable bonds is 12. The Morgan fingerprint density at radius 2 is 1.79 bits per heavy atom. The lowest BCUT2D eigenvalue weighted by Gasteiger charge is -2.15. The molecule has 3 aromatic rings. The van der Waals surface area contributed by atoms with E-state index in [0.29, 0.717) is 30.2 Å². The van der Waals surface area contributed by atoms with E-state index in [0.717, 1.165) is 18.4 Å². The van der Waals surface area contributed by atoms with Crippen LogP contribution in [0.3, 0.4) is 0 Å². The number of ether oxygens (including phenoxy) is 2. The fourth-order valence-corrected chi connectivity index (χ4v) is 3.87. The van der Waals surface area contributed by atoms with Gasteiger partial charge in [0.2, 0.25) is 0 Å². The maximum atomic E-state index is 12.6. The second-order valence-electron chi connectivity index (χ2n) is 8.48. The lowest BCUT2D eigenvalue weighted by atomic mass is 10.1. The van der Waals surface area contributed by atoms with Gasteiger partial charge in [0.25, 0.3) is 11.8 Å². The number of carbonyl (C=O) groups is 2. The number of amides is 2. The summed E-state index contributed by atoms with van der Waals surface area (Å²) >= 11 is 6.45. The molecule has 0 heterocycles. The number of benzene rings is 3. The maximum absolute atomic E-state index is 12.6. The Hall–Kier alpha value is -4.28. The highest BCUT2D eigenvalue weighted by molar-refractivity contribution is 6.32. The Morgan fingerprint density at radius 3 is 2.47 bits per heavy atom. The van der Waals surface area contributed by atoms with Gasteiger partial charge in [0.05, 0.1) is 11.6 Å². The molecule has 0 unspecified atom stereocenters. The molecule has 38 heavy (non-hydrogen) atoms. The van der Waals surface area contributed by atoms with Gasteiger partial charge in [0, 0.05) is 12.2 Å². The molecule has 0 aliphatic heterocycles. The molecule has 2 N–H and O–H groups in total. The molecule has 7 nitrogen and oxygen atoms in total. The van der Waals surface area contributed by atoms with Crippen LogP contribution in [-0.2, 0) is 16.0 Å². The fourth-order valence-electron chi connectivity index (χ4n) is 3.60. The van der Waals surface area contributed by atoms with Crippen LogP contribution in [0.2, 0.25) is 5.02 Å². The van der Waals surface area contributed by atoms with Crippen molar-refractivity contribution >= 4 is 35.2 Å². The summed E-state index contributed by atoms with van der Waals surface area (Å²) in [6.45, 7) is 4.24. The van der Waals surface area contributed by atoms with Crippen molar-refractivity contribution in [2.45, 2.75) is 26.7 Å². The third-order valence-electron chi connectivity index (χ3n) is 5.46. The molecule has 0 saturated carbocycles. The average Bonchev–Trinajstić information content (AvgIpc) is 2.91. The van der Waals surface area contributed by atoms with Gasteiger partial charge in [-0.15, -0.1) is 0 Å². The van der Waals surface area contributed by atoms with Crippen molar-refractivity contribution in [1.29, 1.82) is 5.26 Å². The number of hydrogen-bond acceptors (Lipinski definition) is 5. The van der Waals surface area contributed by atoms with Crippen molar-refractivity contribution in [3.8, 4) is 17.6 Å². The van der Waals surface area contributed by atoms with Crippen molar-refractivity contribution in [3.05, 3.63) is 94.0 Å². The molecule has 0 radical (unpaired) electrons. The number of nitrogens with one attached hydrogen (secondary N) is 2. The minimum Gasteiger partial charge on any atom is -0.490 e. The summed E-state index contributed by atoms with van der Waals surface area (Å²) in [5, 5.41) is 15.3. The van der Waals surface area contributed by atoms with Gasteiger partial charge in [0.1, 0.15) is 11.6 Å². The smallest absolute Gasteiger partial charge is 0.262 e. The van der Waals surface area contributed by atoms with Crippen molar-refractivity contribution < 1.29 is 19.1 Å². The van der Waals surface area contributed by atoms with Crippen molar-refractivity contribution in [2.24, 2.45) is 0 Å². The lowest BCUT2D eigenvalue weighted by molar-refractivity contribution is -0.118. The standard InChI is InChI=1S/C30H30ClN3O4/c1-3-37-27-18-23(16-24(19-32)30(36)33-15-7-10-22-8-5-4-6-9-22)17-26(31)29(27)38-20-28(35)34-25-13-11-21(2)12-14-25/h4-6,8-9,11-14,16-18H,3,7,10,15,20H2,1-2H3,(H,33,36)(H,34,35)/b24-16-. The molecule has 2 amide bonds. The molecule has 8 heteroatoms. The molecule has 0 spiro atoms. The largest absolute Gasteiger partial charge is 0.490 e. The van der Waals surface area contributed by atoms with Crippen LogP contribution in [0.15, 0.2) is 72.3 Å². The van der Waals surface area contributed by atoms with Crippen molar-refractivity contribution in [1.82, 2.24) is 5.32 Å². The van der Waals surface area contributed by atoms with Crippen LogP contribution in [-0.4, -0.2) is 31.6 Å². The first-order valence-corrected chi connectivity index (χ1v) is 12.7. The van der Waals surface area contributed by atoms with Gasteiger partial charge in [-0.2, -0.15) is 5.26 Å². The summed E-state index contributed by atoms with van der Waals surface area (Å²) in [6, 6.07) is 22.5. The minimum atomic E-state index is -0.470. The predicted molar refractivity (Wildman–Crippen MR) is 149 cm³/mol. The van der Waals surface area contributed by atoms with Crippen LogP contribution < -0.4 is 20.1 Å². The van der Waals surface area contributed by atoms with Crippen LogP contribution in [0.1, 0.15) is 30.0 Å². The quantitative estimate of drug-likeness (QED) is 0.177. The Bertz CT molecular complexity index is 1320. The summed E-state index contributed by atoms with van der Waals surface area (Å²) in [4.78, 5) is 24.9. The summed E-state index contributed by atoms with van der Waals surface area (Å²) < 4.78 is 11.3. The topological polar surface area (TPSA) is 100 Å². The second-order valence-corrected chi connectivity index (χ2v) is 8.89. The summed E-state index contributed by atoms with van der Waals surface area (Å²) in [6.07, 6.45) is 3.01. The van der Waals surface area contributed by atoms with Gasteiger partial charge >= 0.3 is 0 Å². The Balaban J connectivity index is 1.64. The molecule has 0 bridgehead atoms. The van der Waals surface area contributed by atoms with Gasteiger partial charge in [-0.05, 0) is 68.2 Å².